The Balaban J connectivity index is 1.82. The molecule has 0 bridgehead atoms. The summed E-state index contributed by atoms with van der Waals surface area (Å²) in [5.74, 6) is -1.35. The summed E-state index contributed by atoms with van der Waals surface area (Å²) >= 11 is 3.20. The number of nitrogens with zero attached hydrogens (tertiary/aromatic N) is 1. The van der Waals surface area contributed by atoms with Crippen LogP contribution in [0.15, 0.2) is 100 Å². The number of aliphatic hydroxyl groups is 1. The number of hydrogen-bond donors (Lipinski definition) is 2. The second kappa shape index (κ2) is 9.67. The summed E-state index contributed by atoms with van der Waals surface area (Å²) in [6, 6.07) is 26.0. The van der Waals surface area contributed by atoms with E-state index in [2.05, 4.69) is 21.4 Å². The molecule has 6 nitrogen and oxygen atoms in total. The zero-order chi connectivity index (χ0) is 24.3. The molecule has 4 rings (SSSR count). The molecule has 2 N–H and O–H groups in total. The van der Waals surface area contributed by atoms with Crippen LogP contribution in [-0.4, -0.2) is 16.9 Å². The van der Waals surface area contributed by atoms with Gasteiger partial charge in [-0.25, -0.2) is 5.01 Å². The van der Waals surface area contributed by atoms with Gasteiger partial charge in [-0.2, -0.15) is 0 Å². The first-order valence-corrected chi connectivity index (χ1v) is 11.4. The van der Waals surface area contributed by atoms with Crippen molar-refractivity contribution in [3.8, 4) is 0 Å². The summed E-state index contributed by atoms with van der Waals surface area (Å²) in [6.45, 7) is 3.65. The van der Waals surface area contributed by atoms with Gasteiger partial charge in [0.15, 0.2) is 16.0 Å². The maximum atomic E-state index is 13.9. The fraction of sp³-hybridized carbons (Fsp3) is 0.111. The lowest BCUT2D eigenvalue weighted by Gasteiger charge is -2.33. The highest BCUT2D eigenvalue weighted by Crippen LogP contribution is 2.34. The number of para-hydroxylation sites is 1. The van der Waals surface area contributed by atoms with Gasteiger partial charge < -0.3 is 9.52 Å². The molecule has 0 aliphatic carbocycles. The van der Waals surface area contributed by atoms with E-state index in [4.69, 9.17) is 4.42 Å². The minimum Gasteiger partial charge on any atom is -0.444 e. The second-order valence-electron chi connectivity index (χ2n) is 7.86. The molecule has 0 aliphatic heterocycles. The third-order valence-electron chi connectivity index (χ3n) is 5.61. The number of carbonyl (C=O) groups excluding carboxylic acids is 2. The Bertz CT molecular complexity index is 1290. The van der Waals surface area contributed by atoms with Crippen LogP contribution in [0.5, 0.6) is 0 Å². The topological polar surface area (TPSA) is 82.8 Å². The van der Waals surface area contributed by atoms with Crippen LogP contribution in [0, 0.1) is 13.8 Å². The molecule has 4 aromatic rings. The Kier molecular flexibility index (Phi) is 6.68. The molecule has 0 fully saturated rings. The molecule has 34 heavy (non-hydrogen) atoms. The lowest BCUT2D eigenvalue weighted by Crippen LogP contribution is -2.55. The number of benzene rings is 3. The zero-order valence-corrected chi connectivity index (χ0v) is 20.2. The Morgan fingerprint density at radius 2 is 1.35 bits per heavy atom. The molecule has 0 saturated carbocycles. The van der Waals surface area contributed by atoms with Crippen molar-refractivity contribution in [2.45, 2.75) is 19.4 Å². The highest BCUT2D eigenvalue weighted by Gasteiger charge is 2.43. The number of rotatable bonds is 5. The number of carbonyl (C=O) groups is 2. The Morgan fingerprint density at radius 1 is 0.824 bits per heavy atom. The summed E-state index contributed by atoms with van der Waals surface area (Å²) in [4.78, 5) is 27.2. The number of aryl methyl sites for hydroxylation is 2. The van der Waals surface area contributed by atoms with E-state index in [1.165, 1.54) is 6.07 Å². The molecule has 0 saturated heterocycles. The number of anilines is 1. The standard InChI is InChI=1S/C27H23BrN2O4/c1-18-10-6-8-14-21(18)27(33,22-15-9-7-11-19(22)2)26(32)29-30(20-12-4-3-5-13-20)25(31)23-16-17-24(28)34-23/h3-17,33H,1-2H3,(H,29,32). The van der Waals surface area contributed by atoms with Crippen molar-refractivity contribution in [3.63, 3.8) is 0 Å². The maximum Gasteiger partial charge on any atom is 0.312 e. The fourth-order valence-electron chi connectivity index (χ4n) is 3.88. The molecule has 7 heteroatoms. The van der Waals surface area contributed by atoms with Gasteiger partial charge in [-0.15, -0.1) is 0 Å². The number of hydrazine groups is 1. The summed E-state index contributed by atoms with van der Waals surface area (Å²) in [5, 5.41) is 13.1. The van der Waals surface area contributed by atoms with E-state index in [0.717, 1.165) is 16.1 Å². The van der Waals surface area contributed by atoms with Crippen molar-refractivity contribution < 1.29 is 19.1 Å². The lowest BCUT2D eigenvalue weighted by molar-refractivity contribution is -0.136. The van der Waals surface area contributed by atoms with Crippen LogP contribution < -0.4 is 10.4 Å². The number of furan rings is 1. The highest BCUT2D eigenvalue weighted by atomic mass is 79.9. The van der Waals surface area contributed by atoms with E-state index in [0.29, 0.717) is 21.5 Å². The van der Waals surface area contributed by atoms with E-state index >= 15 is 0 Å². The van der Waals surface area contributed by atoms with Gasteiger partial charge in [-0.3, -0.25) is 15.0 Å². The molecule has 0 aliphatic rings. The van der Waals surface area contributed by atoms with Gasteiger partial charge in [0, 0.05) is 11.1 Å². The molecule has 2 amide bonds. The van der Waals surface area contributed by atoms with Crippen LogP contribution in [0.25, 0.3) is 0 Å². The van der Waals surface area contributed by atoms with E-state index in [1.54, 1.807) is 60.7 Å². The van der Waals surface area contributed by atoms with Crippen LogP contribution >= 0.6 is 15.9 Å². The Morgan fingerprint density at radius 3 is 1.85 bits per heavy atom. The molecule has 172 valence electrons. The van der Waals surface area contributed by atoms with Gasteiger partial charge in [0.1, 0.15) is 0 Å². The van der Waals surface area contributed by atoms with Crippen molar-refractivity contribution in [1.29, 1.82) is 0 Å². The van der Waals surface area contributed by atoms with Crippen molar-refractivity contribution in [3.05, 3.63) is 124 Å². The van der Waals surface area contributed by atoms with Gasteiger partial charge in [-0.05, 0) is 65.2 Å². The number of hydrogen-bond acceptors (Lipinski definition) is 4. The van der Waals surface area contributed by atoms with Gasteiger partial charge in [0.05, 0.1) is 5.69 Å². The molecule has 1 aromatic heterocycles. The quantitative estimate of drug-likeness (QED) is 0.352. The molecule has 0 atom stereocenters. The van der Waals surface area contributed by atoms with E-state index in [9.17, 15) is 14.7 Å². The second-order valence-corrected chi connectivity index (χ2v) is 8.64. The summed E-state index contributed by atoms with van der Waals surface area (Å²) in [6.07, 6.45) is 0. The first-order chi connectivity index (χ1) is 16.3. The van der Waals surface area contributed by atoms with Crippen molar-refractivity contribution in [2.24, 2.45) is 0 Å². The average Bonchev–Trinajstić information content (AvgIpc) is 3.29. The van der Waals surface area contributed by atoms with Crippen molar-refractivity contribution in [1.82, 2.24) is 5.43 Å². The van der Waals surface area contributed by atoms with Crippen molar-refractivity contribution >= 4 is 33.4 Å². The largest absolute Gasteiger partial charge is 0.444 e. The van der Waals surface area contributed by atoms with Crippen LogP contribution in [0.3, 0.4) is 0 Å². The van der Waals surface area contributed by atoms with E-state index in [-0.39, 0.29) is 5.76 Å². The van der Waals surface area contributed by atoms with Crippen molar-refractivity contribution in [2.75, 3.05) is 5.01 Å². The maximum absolute atomic E-state index is 13.9. The van der Waals surface area contributed by atoms with E-state index < -0.39 is 17.4 Å². The Labute approximate surface area is 205 Å². The molecule has 3 aromatic carbocycles. The molecular formula is C27H23BrN2O4. The highest BCUT2D eigenvalue weighted by molar-refractivity contribution is 9.10. The molecule has 0 unspecified atom stereocenters. The van der Waals surface area contributed by atoms with Gasteiger partial charge >= 0.3 is 5.91 Å². The number of amides is 2. The van der Waals surface area contributed by atoms with Gasteiger partial charge in [0.2, 0.25) is 0 Å². The minimum atomic E-state index is -2.06. The number of nitrogens with one attached hydrogen (secondary N) is 1. The third-order valence-corrected chi connectivity index (χ3v) is 6.04. The zero-order valence-electron chi connectivity index (χ0n) is 18.7. The first kappa shape index (κ1) is 23.5. The van der Waals surface area contributed by atoms with Gasteiger partial charge in [0.25, 0.3) is 5.91 Å². The molecule has 0 spiro atoms. The molecule has 1 heterocycles. The van der Waals surface area contributed by atoms with Crippen LogP contribution in [0.2, 0.25) is 0 Å². The number of halogens is 1. The summed E-state index contributed by atoms with van der Waals surface area (Å²) in [5.41, 5.74) is 3.30. The minimum absolute atomic E-state index is 0.0198. The first-order valence-electron chi connectivity index (χ1n) is 10.6. The third kappa shape index (κ3) is 4.40. The smallest absolute Gasteiger partial charge is 0.312 e. The van der Waals surface area contributed by atoms with Crippen LogP contribution in [0.4, 0.5) is 5.69 Å². The average molecular weight is 519 g/mol. The van der Waals surface area contributed by atoms with Crippen LogP contribution in [-0.2, 0) is 10.4 Å². The fourth-order valence-corrected chi connectivity index (χ4v) is 4.19. The Hall–Kier alpha value is -3.68. The van der Waals surface area contributed by atoms with E-state index in [1.807, 2.05) is 38.1 Å². The van der Waals surface area contributed by atoms with Gasteiger partial charge in [-0.1, -0.05) is 66.7 Å². The summed E-state index contributed by atoms with van der Waals surface area (Å²) < 4.78 is 5.82. The molecule has 0 radical (unpaired) electrons. The summed E-state index contributed by atoms with van der Waals surface area (Å²) in [7, 11) is 0. The lowest BCUT2D eigenvalue weighted by atomic mass is 9.81. The monoisotopic (exact) mass is 518 g/mol. The van der Waals surface area contributed by atoms with Crippen LogP contribution in [0.1, 0.15) is 32.8 Å². The normalized spacial score (nSPS) is 11.2. The predicted octanol–water partition coefficient (Wildman–Crippen LogP) is 5.27. The molecular weight excluding hydrogens is 496 g/mol. The predicted molar refractivity (Wildman–Crippen MR) is 133 cm³/mol. The SMILES string of the molecule is Cc1ccccc1C(O)(C(=O)NN(C(=O)c1ccc(Br)o1)c1ccccc1)c1ccccc1C.